The molecule has 4 aromatic rings. The monoisotopic (exact) mass is 700 g/mol. The van der Waals surface area contributed by atoms with Gasteiger partial charge in [-0.25, -0.2) is 29.3 Å². The number of aromatic amines is 1. The smallest absolute Gasteiger partial charge is 0.475 e. The summed E-state index contributed by atoms with van der Waals surface area (Å²) in [5, 5.41) is 29.3. The Hall–Kier alpha value is -5.77. The number of rotatable bonds is 3. The first-order valence-corrected chi connectivity index (χ1v) is 12.6. The Bertz CT molecular complexity index is 1590. The Morgan fingerprint density at radius 1 is 0.688 bits per heavy atom. The second kappa shape index (κ2) is 16.2. The van der Waals surface area contributed by atoms with Gasteiger partial charge in [-0.1, -0.05) is 6.07 Å². The first-order valence-electron chi connectivity index (χ1n) is 12.6. The number of anilines is 2. The molecule has 48 heavy (non-hydrogen) atoms. The highest BCUT2D eigenvalue weighted by Crippen LogP contribution is 2.29. The molecule has 4 heterocycles. The minimum Gasteiger partial charge on any atom is -0.475 e. The summed E-state index contributed by atoms with van der Waals surface area (Å²) in [7, 11) is 0. The van der Waals surface area contributed by atoms with Crippen molar-refractivity contribution in [3.8, 4) is 11.1 Å². The van der Waals surface area contributed by atoms with Crippen LogP contribution in [-0.2, 0) is 14.4 Å². The maximum atomic E-state index is 10.6. The Morgan fingerprint density at radius 2 is 1.21 bits per heavy atom. The summed E-state index contributed by atoms with van der Waals surface area (Å²) >= 11 is 0. The molecule has 1 fully saturated rings. The summed E-state index contributed by atoms with van der Waals surface area (Å²) in [5.74, 6) is -6.37. The number of aliphatic carboxylic acids is 3. The van der Waals surface area contributed by atoms with Crippen molar-refractivity contribution in [2.75, 3.05) is 36.0 Å². The zero-order valence-electron chi connectivity index (χ0n) is 23.6. The van der Waals surface area contributed by atoms with Crippen LogP contribution in [0.1, 0.15) is 0 Å². The number of alkyl halides is 9. The van der Waals surface area contributed by atoms with Gasteiger partial charge in [0.05, 0.1) is 17.9 Å². The predicted octanol–water partition coefficient (Wildman–Crippen LogP) is 4.04. The topological polar surface area (TPSA) is 199 Å². The van der Waals surface area contributed by atoms with Gasteiger partial charge in [0, 0.05) is 55.7 Å². The van der Waals surface area contributed by atoms with Crippen LogP contribution in [0.4, 0.5) is 51.1 Å². The van der Waals surface area contributed by atoms with E-state index in [1.54, 1.807) is 18.7 Å². The second-order valence-corrected chi connectivity index (χ2v) is 8.86. The van der Waals surface area contributed by atoms with E-state index in [-0.39, 0.29) is 0 Å². The van der Waals surface area contributed by atoms with Gasteiger partial charge in [-0.15, -0.1) is 0 Å². The molecular weight excluding hydrogens is 679 g/mol. The fourth-order valence-electron chi connectivity index (χ4n) is 3.49. The maximum absolute atomic E-state index is 10.6. The lowest BCUT2D eigenvalue weighted by atomic mass is 10.1. The van der Waals surface area contributed by atoms with Crippen molar-refractivity contribution in [3.05, 3.63) is 55.5 Å². The van der Waals surface area contributed by atoms with E-state index in [1.807, 2.05) is 24.7 Å². The molecule has 0 spiro atoms. The summed E-state index contributed by atoms with van der Waals surface area (Å²) < 4.78 is 95.2. The number of carboxylic acids is 3. The van der Waals surface area contributed by atoms with Gasteiger partial charge in [0.1, 0.15) is 18.0 Å². The number of piperazine rings is 1. The number of halogens is 9. The molecule has 0 saturated carbocycles. The molecule has 1 aliphatic rings. The third kappa shape index (κ3) is 11.9. The first kappa shape index (κ1) is 38.4. The van der Waals surface area contributed by atoms with Gasteiger partial charge >= 0.3 is 36.4 Å². The van der Waals surface area contributed by atoms with Crippen LogP contribution in [0.5, 0.6) is 0 Å². The van der Waals surface area contributed by atoms with Crippen LogP contribution in [0.2, 0.25) is 0 Å². The molecule has 23 heteroatoms. The van der Waals surface area contributed by atoms with Gasteiger partial charge in [0.15, 0.2) is 0 Å². The van der Waals surface area contributed by atoms with E-state index in [0.29, 0.717) is 0 Å². The van der Waals surface area contributed by atoms with Crippen molar-refractivity contribution in [2.24, 2.45) is 0 Å². The molecule has 0 bridgehead atoms. The van der Waals surface area contributed by atoms with Crippen LogP contribution in [0, 0.1) is 0 Å². The van der Waals surface area contributed by atoms with Crippen molar-refractivity contribution in [2.45, 2.75) is 18.5 Å². The van der Waals surface area contributed by atoms with Crippen molar-refractivity contribution in [1.82, 2.24) is 30.1 Å². The number of aromatic nitrogens is 6. The highest BCUT2D eigenvalue weighted by molar-refractivity contribution is 5.93. The predicted molar refractivity (Wildman–Crippen MR) is 145 cm³/mol. The van der Waals surface area contributed by atoms with Crippen LogP contribution < -0.4 is 9.80 Å². The van der Waals surface area contributed by atoms with Gasteiger partial charge in [-0.05, 0) is 17.7 Å². The van der Waals surface area contributed by atoms with E-state index in [2.05, 4.69) is 52.1 Å². The number of hydrogen-bond donors (Lipinski definition) is 4. The lowest BCUT2D eigenvalue weighted by Crippen LogP contribution is -2.47. The van der Waals surface area contributed by atoms with Crippen LogP contribution in [0.3, 0.4) is 0 Å². The number of fused-ring (bicyclic) bond motifs is 1. The highest BCUT2D eigenvalue weighted by atomic mass is 19.4. The molecule has 0 aliphatic carbocycles. The summed E-state index contributed by atoms with van der Waals surface area (Å²) in [5.41, 5.74) is 3.10. The van der Waals surface area contributed by atoms with Crippen LogP contribution >= 0.6 is 0 Å². The molecular formula is C25H21F9N8O6. The minimum absolute atomic E-state index is 0.874. The average molecular weight is 700 g/mol. The van der Waals surface area contributed by atoms with Gasteiger partial charge < -0.3 is 25.1 Å². The van der Waals surface area contributed by atoms with Gasteiger partial charge in [-0.2, -0.15) is 44.6 Å². The molecule has 260 valence electrons. The molecule has 14 nitrogen and oxygen atoms in total. The largest absolute Gasteiger partial charge is 0.490 e. The number of benzene rings is 1. The minimum atomic E-state index is -5.08. The van der Waals surface area contributed by atoms with Gasteiger partial charge in [-0.3, -0.25) is 10.1 Å². The van der Waals surface area contributed by atoms with Gasteiger partial charge in [0.25, 0.3) is 0 Å². The van der Waals surface area contributed by atoms with Gasteiger partial charge in [0.2, 0.25) is 0 Å². The fourth-order valence-corrected chi connectivity index (χ4v) is 3.49. The number of carboxylic acid groups (broad SMARTS) is 3. The summed E-state index contributed by atoms with van der Waals surface area (Å²) in [4.78, 5) is 48.9. The van der Waals surface area contributed by atoms with Crippen molar-refractivity contribution in [1.29, 1.82) is 0 Å². The molecule has 4 N–H and O–H groups in total. The number of hydrogen-bond acceptors (Lipinski definition) is 10. The SMILES string of the molecule is O=C(O)C(F)(F)F.O=C(O)C(F)(F)F.O=C(O)C(F)(F)F.c1cnc(N2CCN(c3ncnc4ccc(-c5cn[nH]c5)cc34)CC2)cn1. The molecule has 0 radical (unpaired) electrons. The Balaban J connectivity index is 0.000000313. The molecule has 1 aliphatic heterocycles. The van der Waals surface area contributed by atoms with E-state index in [4.69, 9.17) is 29.7 Å². The Morgan fingerprint density at radius 3 is 1.65 bits per heavy atom. The molecule has 0 unspecified atom stereocenters. The van der Waals surface area contributed by atoms with E-state index < -0.39 is 36.4 Å². The summed E-state index contributed by atoms with van der Waals surface area (Å²) in [6, 6.07) is 6.25. The zero-order chi connectivity index (χ0) is 36.3. The molecule has 5 rings (SSSR count). The molecule has 1 aromatic carbocycles. The number of carbonyl (C=O) groups is 3. The third-order valence-corrected chi connectivity index (χ3v) is 5.63. The second-order valence-electron chi connectivity index (χ2n) is 8.86. The highest BCUT2D eigenvalue weighted by Gasteiger charge is 2.39. The number of nitrogens with one attached hydrogen (secondary N) is 1. The van der Waals surface area contributed by atoms with Crippen LogP contribution in [0.15, 0.2) is 55.5 Å². The molecule has 3 aromatic heterocycles. The summed E-state index contributed by atoms with van der Waals surface area (Å²) in [6.07, 6.45) is -4.65. The van der Waals surface area contributed by atoms with E-state index in [9.17, 15) is 39.5 Å². The zero-order valence-corrected chi connectivity index (χ0v) is 23.6. The van der Waals surface area contributed by atoms with E-state index in [0.717, 1.165) is 59.8 Å². The Labute approximate surface area is 261 Å². The number of H-pyrrole nitrogens is 1. The number of nitrogens with zero attached hydrogens (tertiary/aromatic N) is 7. The van der Waals surface area contributed by atoms with E-state index >= 15 is 0 Å². The molecule has 1 saturated heterocycles. The van der Waals surface area contributed by atoms with Crippen molar-refractivity contribution >= 4 is 40.4 Å². The third-order valence-electron chi connectivity index (χ3n) is 5.63. The normalized spacial score (nSPS) is 13.2. The van der Waals surface area contributed by atoms with Crippen LogP contribution in [0.25, 0.3) is 22.0 Å². The lowest BCUT2D eigenvalue weighted by molar-refractivity contribution is -0.193. The van der Waals surface area contributed by atoms with Crippen molar-refractivity contribution < 1.29 is 69.2 Å². The standard InChI is InChI=1S/C19H18N8.3C2HF3O2/c1-2-17-16(9-14(1)15-10-24-25-11-15)19(23-13-22-17)27-7-5-26(6-8-27)18-12-20-3-4-21-18;3*3-2(4,5)1(6)7/h1-4,9-13H,5-8H2,(H,24,25);3*(H,6,7). The fraction of sp³-hybridized carbons (Fsp3) is 0.280. The van der Waals surface area contributed by atoms with Crippen molar-refractivity contribution in [3.63, 3.8) is 0 Å². The van der Waals surface area contributed by atoms with Crippen LogP contribution in [-0.4, -0.2) is 108 Å². The maximum Gasteiger partial charge on any atom is 0.490 e. The Kier molecular flexibility index (Phi) is 12.9. The average Bonchev–Trinajstić information content (AvgIpc) is 3.56. The molecule has 0 amide bonds. The summed E-state index contributed by atoms with van der Waals surface area (Å²) in [6.45, 7) is 3.51. The van der Waals surface area contributed by atoms with E-state index in [1.165, 1.54) is 0 Å². The molecule has 0 atom stereocenters. The quantitative estimate of drug-likeness (QED) is 0.224. The first-order chi connectivity index (χ1) is 22.2. The lowest BCUT2D eigenvalue weighted by Gasteiger charge is -2.36.